The summed E-state index contributed by atoms with van der Waals surface area (Å²) in [5.41, 5.74) is -1.05. The van der Waals surface area contributed by atoms with Gasteiger partial charge in [0.15, 0.2) is 5.03 Å². The number of carbonyl (C=O) groups is 1. The molecule has 0 saturated heterocycles. The zero-order valence-electron chi connectivity index (χ0n) is 25.9. The Labute approximate surface area is 270 Å². The van der Waals surface area contributed by atoms with Crippen molar-refractivity contribution < 1.29 is 31.5 Å². The average molecular weight is 668 g/mol. The highest BCUT2D eigenvalue weighted by Crippen LogP contribution is 2.42. The number of rotatable bonds is 9. The number of sulfonamides is 1. The maximum absolute atomic E-state index is 14.5. The molecule has 248 valence electrons. The Morgan fingerprint density at radius 3 is 2.43 bits per heavy atom. The molecule has 1 aliphatic carbocycles. The molecular weight excluding hydrogens is 631 g/mol. The Hall–Kier alpha value is -4.16. The van der Waals surface area contributed by atoms with Crippen LogP contribution in [0.15, 0.2) is 76.6 Å². The second kappa shape index (κ2) is 12.8. The summed E-state index contributed by atoms with van der Waals surface area (Å²) in [5.74, 6) is -1.18. The molecule has 8 nitrogen and oxygen atoms in total. The van der Waals surface area contributed by atoms with E-state index < -0.39 is 50.9 Å². The van der Waals surface area contributed by atoms with E-state index in [0.29, 0.717) is 13.0 Å². The molecule has 1 aromatic heterocycles. The van der Waals surface area contributed by atoms with Gasteiger partial charge in [0.2, 0.25) is 0 Å². The highest BCUT2D eigenvalue weighted by atomic mass is 32.2. The van der Waals surface area contributed by atoms with Gasteiger partial charge in [-0.15, -0.1) is 0 Å². The first-order valence-corrected chi connectivity index (χ1v) is 17.3. The summed E-state index contributed by atoms with van der Waals surface area (Å²) >= 11 is 0. The summed E-state index contributed by atoms with van der Waals surface area (Å²) < 4.78 is 72.9. The van der Waals surface area contributed by atoms with E-state index in [9.17, 15) is 36.3 Å². The first-order chi connectivity index (χ1) is 22.4. The third kappa shape index (κ3) is 6.16. The second-order valence-corrected chi connectivity index (χ2v) is 14.2. The second-order valence-electron chi connectivity index (χ2n) is 12.4. The van der Waals surface area contributed by atoms with Crippen molar-refractivity contribution in [3.05, 3.63) is 93.8 Å². The molecule has 3 aromatic carbocycles. The van der Waals surface area contributed by atoms with Crippen molar-refractivity contribution in [2.75, 3.05) is 25.0 Å². The predicted molar refractivity (Wildman–Crippen MR) is 174 cm³/mol. The summed E-state index contributed by atoms with van der Waals surface area (Å²) in [5, 5.41) is 14.7. The fourth-order valence-corrected chi connectivity index (χ4v) is 8.97. The van der Waals surface area contributed by atoms with Crippen LogP contribution in [0.5, 0.6) is 0 Å². The first-order valence-electron chi connectivity index (χ1n) is 15.8. The molecule has 2 N–H and O–H groups in total. The number of carboxylic acid groups (broad SMARTS) is 1. The predicted octanol–water partition coefficient (Wildman–Crippen LogP) is 6.92. The molecule has 0 bridgehead atoms. The number of nitrogens with zero attached hydrogens (tertiary/aromatic N) is 2. The Kier molecular flexibility index (Phi) is 8.92. The minimum Gasteiger partial charge on any atom is -0.480 e. The van der Waals surface area contributed by atoms with E-state index in [1.54, 1.807) is 6.92 Å². The molecule has 2 aliphatic rings. The van der Waals surface area contributed by atoms with Gasteiger partial charge >= 0.3 is 12.1 Å². The molecule has 0 radical (unpaired) electrons. The van der Waals surface area contributed by atoms with Gasteiger partial charge in [0.05, 0.1) is 5.56 Å². The largest absolute Gasteiger partial charge is 0.480 e. The van der Waals surface area contributed by atoms with Gasteiger partial charge in [-0.3, -0.25) is 9.36 Å². The molecule has 12 heteroatoms. The molecule has 47 heavy (non-hydrogen) atoms. The lowest BCUT2D eigenvalue weighted by atomic mass is 9.91. The zero-order valence-corrected chi connectivity index (χ0v) is 26.7. The SMILES string of the molecule is CCCN1CC(C(=O)O)n2c(c(-c3cccc(C(F)(F)F)c3)c(Cc3cccc4ccccc34)c(NCC3CCCC3)c2=O)S1(=O)=O. The van der Waals surface area contributed by atoms with Crippen LogP contribution in [-0.4, -0.2) is 48.0 Å². The van der Waals surface area contributed by atoms with Crippen molar-refractivity contribution in [1.29, 1.82) is 0 Å². The smallest absolute Gasteiger partial charge is 0.416 e. The van der Waals surface area contributed by atoms with Crippen LogP contribution < -0.4 is 10.9 Å². The van der Waals surface area contributed by atoms with Gasteiger partial charge in [-0.2, -0.15) is 17.5 Å². The first kappa shape index (κ1) is 32.8. The molecule has 1 aliphatic heterocycles. The molecule has 1 unspecified atom stereocenters. The number of hydrogen-bond donors (Lipinski definition) is 2. The Balaban J connectivity index is 1.73. The van der Waals surface area contributed by atoms with Crippen LogP contribution in [0.4, 0.5) is 18.9 Å². The summed E-state index contributed by atoms with van der Waals surface area (Å²) in [6.45, 7) is 1.61. The highest BCUT2D eigenvalue weighted by Gasteiger charge is 2.44. The third-order valence-corrected chi connectivity index (χ3v) is 11.2. The van der Waals surface area contributed by atoms with Gasteiger partial charge in [-0.25, -0.2) is 13.2 Å². The number of aromatic nitrogens is 1. The van der Waals surface area contributed by atoms with E-state index in [0.717, 1.165) is 63.0 Å². The molecule has 6 rings (SSSR count). The molecule has 1 atom stereocenters. The number of nitrogens with one attached hydrogen (secondary N) is 1. The van der Waals surface area contributed by atoms with Crippen molar-refractivity contribution in [3.8, 4) is 11.1 Å². The maximum atomic E-state index is 14.5. The van der Waals surface area contributed by atoms with Gasteiger partial charge in [0, 0.05) is 31.6 Å². The molecule has 0 amide bonds. The summed E-state index contributed by atoms with van der Waals surface area (Å²) in [6.07, 6.45) is -0.464. The van der Waals surface area contributed by atoms with Crippen LogP contribution in [0.2, 0.25) is 0 Å². The van der Waals surface area contributed by atoms with Crippen LogP contribution in [0, 0.1) is 5.92 Å². The number of pyridine rings is 1. The summed E-state index contributed by atoms with van der Waals surface area (Å²) in [7, 11) is -4.54. The number of aliphatic carboxylic acids is 1. The standard InChI is InChI=1S/C35H36F3N3O5S/c1-2-17-40-21-29(34(43)44)41-32(42)31(39-20-22-9-3-4-10-22)28(19-24-13-7-12-23-11-5-6-16-27(23)24)30(33(41)47(40,45)46)25-14-8-15-26(18-25)35(36,37)38/h5-8,11-16,18,22,29,39H,2-4,9-10,17,19-21H2,1H3,(H,43,44). The fourth-order valence-electron chi connectivity index (χ4n) is 7.00. The van der Waals surface area contributed by atoms with E-state index in [-0.39, 0.29) is 41.3 Å². The molecule has 1 saturated carbocycles. The lowest BCUT2D eigenvalue weighted by molar-refractivity contribution is -0.141. The molecule has 2 heterocycles. The topological polar surface area (TPSA) is 109 Å². The lowest BCUT2D eigenvalue weighted by Crippen LogP contribution is -2.50. The highest BCUT2D eigenvalue weighted by molar-refractivity contribution is 7.89. The third-order valence-electron chi connectivity index (χ3n) is 9.27. The van der Waals surface area contributed by atoms with Gasteiger partial charge in [0.1, 0.15) is 11.7 Å². The van der Waals surface area contributed by atoms with Gasteiger partial charge in [-0.1, -0.05) is 74.4 Å². The number of benzene rings is 3. The normalized spacial score (nSPS) is 18.3. The molecule has 0 spiro atoms. The number of anilines is 1. The van der Waals surface area contributed by atoms with Crippen LogP contribution in [-0.2, 0) is 27.4 Å². The lowest BCUT2D eigenvalue weighted by Gasteiger charge is -2.36. The van der Waals surface area contributed by atoms with Gasteiger partial charge in [0.25, 0.3) is 15.6 Å². The summed E-state index contributed by atoms with van der Waals surface area (Å²) in [4.78, 5) is 27.3. The molecule has 4 aromatic rings. The van der Waals surface area contributed by atoms with Gasteiger partial charge < -0.3 is 10.4 Å². The van der Waals surface area contributed by atoms with Gasteiger partial charge in [-0.05, 0) is 64.8 Å². The van der Waals surface area contributed by atoms with Crippen molar-refractivity contribution in [1.82, 2.24) is 8.87 Å². The van der Waals surface area contributed by atoms with Crippen LogP contribution >= 0.6 is 0 Å². The van der Waals surface area contributed by atoms with E-state index in [1.807, 2.05) is 42.5 Å². The Morgan fingerprint density at radius 1 is 1.02 bits per heavy atom. The average Bonchev–Trinajstić information content (AvgIpc) is 3.56. The maximum Gasteiger partial charge on any atom is 0.416 e. The number of halogens is 3. The van der Waals surface area contributed by atoms with E-state index in [4.69, 9.17) is 0 Å². The molecular formula is C35H36F3N3O5S. The Morgan fingerprint density at radius 2 is 1.72 bits per heavy atom. The van der Waals surface area contributed by atoms with Crippen LogP contribution in [0.25, 0.3) is 21.9 Å². The number of fused-ring (bicyclic) bond motifs is 2. The van der Waals surface area contributed by atoms with Crippen molar-refractivity contribution in [3.63, 3.8) is 0 Å². The van der Waals surface area contributed by atoms with Crippen molar-refractivity contribution in [2.24, 2.45) is 5.92 Å². The number of alkyl halides is 3. The van der Waals surface area contributed by atoms with Crippen molar-refractivity contribution >= 4 is 32.5 Å². The quantitative estimate of drug-likeness (QED) is 0.201. The van der Waals surface area contributed by atoms with E-state index in [1.165, 1.54) is 12.1 Å². The minimum atomic E-state index is -4.74. The number of carboxylic acids is 1. The van der Waals surface area contributed by atoms with E-state index >= 15 is 0 Å². The van der Waals surface area contributed by atoms with Crippen molar-refractivity contribution in [2.45, 2.75) is 62.7 Å². The molecule has 1 fully saturated rings. The number of hydrogen-bond acceptors (Lipinski definition) is 5. The Bertz CT molecular complexity index is 2000. The fraction of sp³-hybridized carbons (Fsp3) is 0.371. The zero-order chi connectivity index (χ0) is 33.5. The monoisotopic (exact) mass is 667 g/mol. The minimum absolute atomic E-state index is 0.00402. The van der Waals surface area contributed by atoms with E-state index in [2.05, 4.69) is 5.32 Å². The van der Waals surface area contributed by atoms with Crippen LogP contribution in [0.3, 0.4) is 0 Å². The summed E-state index contributed by atoms with van der Waals surface area (Å²) in [6, 6.07) is 15.9. The van der Waals surface area contributed by atoms with Crippen LogP contribution in [0.1, 0.15) is 61.8 Å².